The molecule has 1 saturated heterocycles. The van der Waals surface area contributed by atoms with E-state index in [2.05, 4.69) is 59.4 Å². The molecule has 2 atom stereocenters. The maximum absolute atomic E-state index is 5.94. The molecule has 0 radical (unpaired) electrons. The lowest BCUT2D eigenvalue weighted by atomic mass is 9.70. The van der Waals surface area contributed by atoms with Crippen LogP contribution < -0.4 is 0 Å². The summed E-state index contributed by atoms with van der Waals surface area (Å²) < 4.78 is 11.8. The number of nitrogens with zero attached hydrogens (tertiary/aromatic N) is 3. The van der Waals surface area contributed by atoms with Crippen LogP contribution >= 0.6 is 0 Å². The summed E-state index contributed by atoms with van der Waals surface area (Å²) in [5.41, 5.74) is 1.45. The highest BCUT2D eigenvalue weighted by atomic mass is 16.5. The van der Waals surface area contributed by atoms with Crippen molar-refractivity contribution in [2.24, 2.45) is 5.92 Å². The molecule has 0 spiro atoms. The molecule has 0 bridgehead atoms. The smallest absolute Gasteiger partial charge is 0.246 e. The van der Waals surface area contributed by atoms with Crippen molar-refractivity contribution in [2.75, 3.05) is 20.1 Å². The van der Waals surface area contributed by atoms with E-state index in [1.807, 2.05) is 0 Å². The van der Waals surface area contributed by atoms with Gasteiger partial charge in [-0.1, -0.05) is 30.3 Å². The molecule has 2 fully saturated rings. The Morgan fingerprint density at radius 2 is 1.92 bits per heavy atom. The van der Waals surface area contributed by atoms with Gasteiger partial charge in [0.25, 0.3) is 0 Å². The van der Waals surface area contributed by atoms with E-state index in [0.717, 1.165) is 25.4 Å². The molecule has 128 valence electrons. The first-order chi connectivity index (χ1) is 11.7. The normalized spacial score (nSPS) is 30.9. The predicted molar refractivity (Wildman–Crippen MR) is 90.7 cm³/mol. The quantitative estimate of drug-likeness (QED) is 0.863. The monoisotopic (exact) mass is 327 g/mol. The maximum atomic E-state index is 5.94. The van der Waals surface area contributed by atoms with Gasteiger partial charge >= 0.3 is 0 Å². The summed E-state index contributed by atoms with van der Waals surface area (Å²) in [6.45, 7) is 3.84. The fourth-order valence-electron chi connectivity index (χ4n) is 3.93. The number of likely N-dealkylation sites (N-methyl/N-ethyl adjacent to an activating group) is 1. The first-order valence-electron chi connectivity index (χ1n) is 8.88. The van der Waals surface area contributed by atoms with E-state index >= 15 is 0 Å². The maximum Gasteiger partial charge on any atom is 0.246 e. The Bertz CT molecular complexity index is 656. The van der Waals surface area contributed by atoms with E-state index in [-0.39, 0.29) is 12.2 Å². The molecule has 2 aliphatic rings. The second-order valence-corrected chi connectivity index (χ2v) is 7.34. The molecule has 2 aromatic rings. The van der Waals surface area contributed by atoms with Crippen molar-refractivity contribution < 1.29 is 9.15 Å². The van der Waals surface area contributed by atoms with Crippen LogP contribution in [0.1, 0.15) is 49.1 Å². The summed E-state index contributed by atoms with van der Waals surface area (Å²) in [5, 5.41) is 8.47. The predicted octanol–water partition coefficient (Wildman–Crippen LogP) is 3.20. The average molecular weight is 327 g/mol. The van der Waals surface area contributed by atoms with Crippen LogP contribution in [0.3, 0.4) is 0 Å². The number of morpholine rings is 1. The third kappa shape index (κ3) is 3.37. The Kier molecular flexibility index (Phi) is 4.37. The van der Waals surface area contributed by atoms with E-state index in [0.29, 0.717) is 17.7 Å². The second kappa shape index (κ2) is 6.65. The van der Waals surface area contributed by atoms with Gasteiger partial charge in [0.05, 0.1) is 6.10 Å². The van der Waals surface area contributed by atoms with Crippen LogP contribution in [0.15, 0.2) is 34.7 Å². The SMILES string of the molecule is C[C@@H]1CN(C)C[C@H](c2nnc(CC3CC(c4ccccc4)C3)o2)O1. The highest BCUT2D eigenvalue weighted by Crippen LogP contribution is 2.43. The molecule has 5 nitrogen and oxygen atoms in total. The molecule has 1 aliphatic carbocycles. The van der Waals surface area contributed by atoms with E-state index in [9.17, 15) is 0 Å². The van der Waals surface area contributed by atoms with Crippen LogP contribution in [0.4, 0.5) is 0 Å². The molecule has 24 heavy (non-hydrogen) atoms. The molecule has 4 rings (SSSR count). The number of rotatable bonds is 4. The standard InChI is InChI=1S/C19H25N3O2/c1-13-11-22(2)12-17(23-13)19-21-20-18(24-19)10-14-8-16(9-14)15-6-4-3-5-7-15/h3-7,13-14,16-17H,8-12H2,1-2H3/t13-,14?,16?,17-/m1/s1. The minimum Gasteiger partial charge on any atom is -0.422 e. The summed E-state index contributed by atoms with van der Waals surface area (Å²) in [7, 11) is 2.10. The third-order valence-corrected chi connectivity index (χ3v) is 5.17. The fraction of sp³-hybridized carbons (Fsp3) is 0.579. The Morgan fingerprint density at radius 3 is 2.67 bits per heavy atom. The number of aromatic nitrogens is 2. The number of hydrogen-bond acceptors (Lipinski definition) is 5. The van der Waals surface area contributed by atoms with Gasteiger partial charge in [-0.3, -0.25) is 0 Å². The lowest BCUT2D eigenvalue weighted by Gasteiger charge is -2.35. The van der Waals surface area contributed by atoms with Crippen LogP contribution in [0.5, 0.6) is 0 Å². The minimum absolute atomic E-state index is 0.0987. The van der Waals surface area contributed by atoms with Gasteiger partial charge in [-0.2, -0.15) is 0 Å². The molecule has 0 N–H and O–H groups in total. The zero-order chi connectivity index (χ0) is 16.5. The van der Waals surface area contributed by atoms with Gasteiger partial charge in [0.15, 0.2) is 0 Å². The fourth-order valence-corrected chi connectivity index (χ4v) is 3.93. The van der Waals surface area contributed by atoms with Gasteiger partial charge in [-0.15, -0.1) is 10.2 Å². The molecule has 1 aromatic heterocycles. The Hall–Kier alpha value is -1.72. The Balaban J connectivity index is 1.32. The van der Waals surface area contributed by atoms with Crippen LogP contribution in [-0.2, 0) is 11.2 Å². The highest BCUT2D eigenvalue weighted by molar-refractivity contribution is 5.22. The minimum atomic E-state index is -0.0987. The molecule has 1 saturated carbocycles. The molecule has 0 unspecified atom stereocenters. The lowest BCUT2D eigenvalue weighted by molar-refractivity contribution is -0.0826. The molecule has 5 heteroatoms. The van der Waals surface area contributed by atoms with E-state index in [1.54, 1.807) is 0 Å². The number of ether oxygens (including phenoxy) is 1. The van der Waals surface area contributed by atoms with E-state index < -0.39 is 0 Å². The third-order valence-electron chi connectivity index (χ3n) is 5.17. The zero-order valence-corrected chi connectivity index (χ0v) is 14.4. The van der Waals surface area contributed by atoms with Crippen LogP contribution in [-0.4, -0.2) is 41.3 Å². The lowest BCUT2D eigenvalue weighted by Crippen LogP contribution is -2.40. The molecular formula is C19H25N3O2. The first kappa shape index (κ1) is 15.8. The highest BCUT2D eigenvalue weighted by Gasteiger charge is 2.33. The Labute approximate surface area is 143 Å². The average Bonchev–Trinajstić information content (AvgIpc) is 2.99. The van der Waals surface area contributed by atoms with Crippen LogP contribution in [0.2, 0.25) is 0 Å². The zero-order valence-electron chi connectivity index (χ0n) is 14.4. The van der Waals surface area contributed by atoms with Crippen molar-refractivity contribution in [3.05, 3.63) is 47.7 Å². The molecule has 1 aromatic carbocycles. The number of benzene rings is 1. The summed E-state index contributed by atoms with van der Waals surface area (Å²) >= 11 is 0. The van der Waals surface area contributed by atoms with Crippen molar-refractivity contribution >= 4 is 0 Å². The summed E-state index contributed by atoms with van der Waals surface area (Å²) in [6, 6.07) is 10.8. The summed E-state index contributed by atoms with van der Waals surface area (Å²) in [5.74, 6) is 2.72. The van der Waals surface area contributed by atoms with Gasteiger partial charge in [0, 0.05) is 19.5 Å². The summed E-state index contributed by atoms with van der Waals surface area (Å²) in [4.78, 5) is 2.25. The van der Waals surface area contributed by atoms with Crippen molar-refractivity contribution in [2.45, 2.75) is 44.3 Å². The van der Waals surface area contributed by atoms with Crippen molar-refractivity contribution in [3.8, 4) is 0 Å². The second-order valence-electron chi connectivity index (χ2n) is 7.34. The number of hydrogen-bond donors (Lipinski definition) is 0. The van der Waals surface area contributed by atoms with Gasteiger partial charge < -0.3 is 14.1 Å². The van der Waals surface area contributed by atoms with E-state index in [4.69, 9.17) is 9.15 Å². The largest absolute Gasteiger partial charge is 0.422 e. The van der Waals surface area contributed by atoms with Gasteiger partial charge in [0.2, 0.25) is 11.8 Å². The van der Waals surface area contributed by atoms with Crippen LogP contribution in [0, 0.1) is 5.92 Å². The molecular weight excluding hydrogens is 302 g/mol. The van der Waals surface area contributed by atoms with Crippen molar-refractivity contribution in [3.63, 3.8) is 0 Å². The van der Waals surface area contributed by atoms with Gasteiger partial charge in [0.1, 0.15) is 6.10 Å². The van der Waals surface area contributed by atoms with Crippen molar-refractivity contribution in [1.82, 2.24) is 15.1 Å². The van der Waals surface area contributed by atoms with E-state index in [1.165, 1.54) is 18.4 Å². The molecule has 0 amide bonds. The van der Waals surface area contributed by atoms with Crippen molar-refractivity contribution in [1.29, 1.82) is 0 Å². The van der Waals surface area contributed by atoms with Gasteiger partial charge in [-0.05, 0) is 44.2 Å². The Morgan fingerprint density at radius 1 is 1.12 bits per heavy atom. The summed E-state index contributed by atoms with van der Waals surface area (Å²) in [6.07, 6.45) is 3.40. The first-order valence-corrected chi connectivity index (χ1v) is 8.88. The topological polar surface area (TPSA) is 51.4 Å². The molecule has 2 heterocycles. The molecule has 1 aliphatic heterocycles. The van der Waals surface area contributed by atoms with Crippen LogP contribution in [0.25, 0.3) is 0 Å². The van der Waals surface area contributed by atoms with Gasteiger partial charge in [-0.25, -0.2) is 0 Å².